The molecule has 17 heavy (non-hydrogen) atoms. The Kier molecular flexibility index (Phi) is 8.08. The fraction of sp³-hybridized carbons (Fsp3) is 0.800. The van der Waals surface area contributed by atoms with E-state index in [2.05, 4.69) is 5.32 Å². The van der Waals surface area contributed by atoms with Gasteiger partial charge in [0.2, 0.25) is 0 Å². The van der Waals surface area contributed by atoms with Gasteiger partial charge in [0.1, 0.15) is 6.04 Å². The number of aliphatic hydroxyl groups excluding tert-OH is 2. The summed E-state index contributed by atoms with van der Waals surface area (Å²) in [5.74, 6) is -1.19. The van der Waals surface area contributed by atoms with Gasteiger partial charge >= 0.3 is 12.0 Å². The monoisotopic (exact) mass is 248 g/mol. The molecule has 4 N–H and O–H groups in total. The summed E-state index contributed by atoms with van der Waals surface area (Å²) in [5.41, 5.74) is 0. The Labute approximate surface area is 100 Å². The number of nitrogens with one attached hydrogen (secondary N) is 1. The van der Waals surface area contributed by atoms with Gasteiger partial charge in [-0.25, -0.2) is 9.59 Å². The SMILES string of the molecule is CCCN(CCO)C(=O)N[C@@H](CCO)C(=O)O. The first-order valence-corrected chi connectivity index (χ1v) is 5.56. The van der Waals surface area contributed by atoms with Gasteiger partial charge in [-0.2, -0.15) is 0 Å². The first-order chi connectivity index (χ1) is 8.06. The Morgan fingerprint density at radius 1 is 1.24 bits per heavy atom. The number of carbonyl (C=O) groups is 2. The molecular formula is C10H20N2O5. The average molecular weight is 248 g/mol. The summed E-state index contributed by atoms with van der Waals surface area (Å²) in [7, 11) is 0. The molecule has 7 heteroatoms. The first-order valence-electron chi connectivity index (χ1n) is 5.56. The highest BCUT2D eigenvalue weighted by atomic mass is 16.4. The number of carbonyl (C=O) groups excluding carboxylic acids is 1. The second-order valence-electron chi connectivity index (χ2n) is 3.56. The van der Waals surface area contributed by atoms with Crippen molar-refractivity contribution in [2.45, 2.75) is 25.8 Å². The van der Waals surface area contributed by atoms with E-state index in [0.29, 0.717) is 13.0 Å². The van der Waals surface area contributed by atoms with Crippen LogP contribution in [0, 0.1) is 0 Å². The number of carboxylic acid groups (broad SMARTS) is 1. The molecule has 0 aliphatic rings. The topological polar surface area (TPSA) is 110 Å². The van der Waals surface area contributed by atoms with Gasteiger partial charge < -0.3 is 25.5 Å². The van der Waals surface area contributed by atoms with Crippen molar-refractivity contribution in [3.05, 3.63) is 0 Å². The predicted octanol–water partition coefficient (Wildman–Crippen LogP) is -0.764. The van der Waals surface area contributed by atoms with E-state index in [1.165, 1.54) is 4.90 Å². The van der Waals surface area contributed by atoms with Crippen molar-refractivity contribution >= 4 is 12.0 Å². The standard InChI is InChI=1S/C10H20N2O5/c1-2-4-12(5-7-14)10(17)11-8(3-6-13)9(15)16/h8,13-14H,2-7H2,1H3,(H,11,17)(H,15,16)/t8-/m0/s1. The number of hydrogen-bond acceptors (Lipinski definition) is 4. The maximum absolute atomic E-state index is 11.7. The molecule has 100 valence electrons. The molecular weight excluding hydrogens is 228 g/mol. The lowest BCUT2D eigenvalue weighted by atomic mass is 10.2. The highest BCUT2D eigenvalue weighted by molar-refractivity contribution is 5.82. The summed E-state index contributed by atoms with van der Waals surface area (Å²) in [6.45, 7) is 1.99. The number of hydrogen-bond donors (Lipinski definition) is 4. The zero-order valence-corrected chi connectivity index (χ0v) is 9.93. The predicted molar refractivity (Wildman–Crippen MR) is 60.6 cm³/mol. The van der Waals surface area contributed by atoms with Crippen LogP contribution in [0.5, 0.6) is 0 Å². The Hall–Kier alpha value is -1.34. The van der Waals surface area contributed by atoms with Gasteiger partial charge in [-0.1, -0.05) is 6.92 Å². The van der Waals surface area contributed by atoms with E-state index < -0.39 is 18.0 Å². The van der Waals surface area contributed by atoms with Crippen molar-refractivity contribution < 1.29 is 24.9 Å². The molecule has 0 bridgehead atoms. The van der Waals surface area contributed by atoms with Gasteiger partial charge in [0, 0.05) is 26.1 Å². The van der Waals surface area contributed by atoms with E-state index >= 15 is 0 Å². The summed E-state index contributed by atoms with van der Waals surface area (Å²) in [5, 5.41) is 28.6. The summed E-state index contributed by atoms with van der Waals surface area (Å²) in [4.78, 5) is 23.8. The second kappa shape index (κ2) is 8.77. The fourth-order valence-corrected chi connectivity index (χ4v) is 1.33. The average Bonchev–Trinajstić information content (AvgIpc) is 2.28. The Balaban J connectivity index is 4.38. The molecule has 0 aromatic rings. The molecule has 0 aliphatic heterocycles. The minimum atomic E-state index is -1.19. The molecule has 0 heterocycles. The van der Waals surface area contributed by atoms with E-state index in [0.717, 1.165) is 0 Å². The molecule has 0 saturated carbocycles. The molecule has 0 fully saturated rings. The maximum atomic E-state index is 11.7. The van der Waals surface area contributed by atoms with E-state index in [1.807, 2.05) is 6.92 Å². The highest BCUT2D eigenvalue weighted by Crippen LogP contribution is 1.97. The smallest absolute Gasteiger partial charge is 0.326 e. The van der Waals surface area contributed by atoms with Crippen molar-refractivity contribution in [2.75, 3.05) is 26.3 Å². The van der Waals surface area contributed by atoms with Gasteiger partial charge in [0.25, 0.3) is 0 Å². The number of aliphatic hydroxyl groups is 2. The Bertz CT molecular complexity index is 241. The van der Waals surface area contributed by atoms with Crippen molar-refractivity contribution in [3.8, 4) is 0 Å². The van der Waals surface area contributed by atoms with Crippen LogP contribution in [0.3, 0.4) is 0 Å². The lowest BCUT2D eigenvalue weighted by Crippen LogP contribution is -2.49. The van der Waals surface area contributed by atoms with Crippen LogP contribution in [0.4, 0.5) is 4.79 Å². The maximum Gasteiger partial charge on any atom is 0.326 e. The molecule has 0 radical (unpaired) electrons. The minimum absolute atomic E-state index is 0.0415. The molecule has 0 spiro atoms. The summed E-state index contributed by atoms with van der Waals surface area (Å²) < 4.78 is 0. The molecule has 0 aliphatic carbocycles. The molecule has 1 atom stereocenters. The number of nitrogens with zero attached hydrogens (tertiary/aromatic N) is 1. The van der Waals surface area contributed by atoms with Crippen LogP contribution < -0.4 is 5.32 Å². The molecule has 0 saturated heterocycles. The van der Waals surface area contributed by atoms with Crippen LogP contribution in [-0.2, 0) is 4.79 Å². The van der Waals surface area contributed by atoms with Gasteiger partial charge in [-0.05, 0) is 6.42 Å². The van der Waals surface area contributed by atoms with Crippen LogP contribution in [0.2, 0.25) is 0 Å². The van der Waals surface area contributed by atoms with Crippen molar-refractivity contribution in [2.24, 2.45) is 0 Å². The summed E-state index contributed by atoms with van der Waals surface area (Å²) in [6, 6.07) is -1.65. The normalized spacial score (nSPS) is 11.9. The van der Waals surface area contributed by atoms with Gasteiger partial charge in [0.15, 0.2) is 0 Å². The van der Waals surface area contributed by atoms with E-state index in [9.17, 15) is 9.59 Å². The van der Waals surface area contributed by atoms with Crippen LogP contribution in [0.1, 0.15) is 19.8 Å². The molecule has 0 aromatic carbocycles. The van der Waals surface area contributed by atoms with E-state index in [1.54, 1.807) is 0 Å². The Morgan fingerprint density at radius 2 is 1.88 bits per heavy atom. The lowest BCUT2D eigenvalue weighted by molar-refractivity contribution is -0.139. The van der Waals surface area contributed by atoms with E-state index in [-0.39, 0.29) is 26.2 Å². The van der Waals surface area contributed by atoms with Crippen molar-refractivity contribution in [1.29, 1.82) is 0 Å². The van der Waals surface area contributed by atoms with Crippen LogP contribution in [-0.4, -0.2) is 64.6 Å². The molecule has 0 aromatic heterocycles. The van der Waals surface area contributed by atoms with Crippen LogP contribution in [0.25, 0.3) is 0 Å². The molecule has 2 amide bonds. The van der Waals surface area contributed by atoms with Crippen molar-refractivity contribution in [1.82, 2.24) is 10.2 Å². The fourth-order valence-electron chi connectivity index (χ4n) is 1.33. The summed E-state index contributed by atoms with van der Waals surface area (Å²) in [6.07, 6.45) is 0.672. The zero-order chi connectivity index (χ0) is 13.3. The number of urea groups is 1. The van der Waals surface area contributed by atoms with E-state index in [4.69, 9.17) is 15.3 Å². The van der Waals surface area contributed by atoms with Gasteiger partial charge in [0.05, 0.1) is 6.61 Å². The summed E-state index contributed by atoms with van der Waals surface area (Å²) >= 11 is 0. The molecule has 7 nitrogen and oxygen atoms in total. The number of aliphatic carboxylic acids is 1. The molecule has 0 unspecified atom stereocenters. The zero-order valence-electron chi connectivity index (χ0n) is 9.93. The number of amides is 2. The quantitative estimate of drug-likeness (QED) is 0.451. The molecule has 0 rings (SSSR count). The van der Waals surface area contributed by atoms with Gasteiger partial charge in [-0.15, -0.1) is 0 Å². The van der Waals surface area contributed by atoms with Crippen LogP contribution in [0.15, 0.2) is 0 Å². The highest BCUT2D eigenvalue weighted by Gasteiger charge is 2.21. The minimum Gasteiger partial charge on any atom is -0.480 e. The number of rotatable bonds is 8. The van der Waals surface area contributed by atoms with Crippen LogP contribution >= 0.6 is 0 Å². The van der Waals surface area contributed by atoms with Gasteiger partial charge in [-0.3, -0.25) is 0 Å². The second-order valence-corrected chi connectivity index (χ2v) is 3.56. The van der Waals surface area contributed by atoms with Crippen molar-refractivity contribution in [3.63, 3.8) is 0 Å². The third-order valence-electron chi connectivity index (χ3n) is 2.16. The number of carboxylic acids is 1. The lowest BCUT2D eigenvalue weighted by Gasteiger charge is -2.23. The largest absolute Gasteiger partial charge is 0.480 e. The Morgan fingerprint density at radius 3 is 2.29 bits per heavy atom. The first kappa shape index (κ1) is 15.7. The third-order valence-corrected chi connectivity index (χ3v) is 2.16. The third kappa shape index (κ3) is 6.08.